The highest BCUT2D eigenvalue weighted by Crippen LogP contribution is 2.02. The summed E-state index contributed by atoms with van der Waals surface area (Å²) in [6.45, 7) is 0.823. The van der Waals surface area contributed by atoms with Gasteiger partial charge in [0.15, 0.2) is 11.2 Å². The van der Waals surface area contributed by atoms with Gasteiger partial charge in [-0.3, -0.25) is 9.78 Å². The molecule has 0 aliphatic rings. The summed E-state index contributed by atoms with van der Waals surface area (Å²) in [6.07, 6.45) is 2.98. The first-order valence-electron chi connectivity index (χ1n) is 5.09. The van der Waals surface area contributed by atoms with Crippen molar-refractivity contribution in [2.75, 3.05) is 18.5 Å². The van der Waals surface area contributed by atoms with Crippen LogP contribution in [0.25, 0.3) is 11.2 Å². The fourth-order valence-corrected chi connectivity index (χ4v) is 1.37. The molecule has 2 aromatic heterocycles. The van der Waals surface area contributed by atoms with Gasteiger partial charge in [0.25, 0.3) is 5.56 Å². The van der Waals surface area contributed by atoms with Crippen molar-refractivity contribution in [3.05, 3.63) is 16.7 Å². The van der Waals surface area contributed by atoms with Gasteiger partial charge in [0.2, 0.25) is 5.95 Å². The predicted octanol–water partition coefficient (Wildman–Crippen LogP) is -0.169. The van der Waals surface area contributed by atoms with Crippen LogP contribution >= 0.6 is 0 Å². The van der Waals surface area contributed by atoms with Gasteiger partial charge < -0.3 is 15.4 Å². The molecule has 7 heteroatoms. The Balaban J connectivity index is 2.10. The number of rotatable bonds is 5. The van der Waals surface area contributed by atoms with Crippen molar-refractivity contribution in [2.45, 2.75) is 12.8 Å². The normalized spacial score (nSPS) is 10.8. The van der Waals surface area contributed by atoms with Crippen molar-refractivity contribution in [1.29, 1.82) is 0 Å². The molecule has 0 aromatic carbocycles. The molecule has 0 aliphatic heterocycles. The molecule has 7 nitrogen and oxygen atoms in total. The Hall–Kier alpha value is -1.89. The van der Waals surface area contributed by atoms with Gasteiger partial charge in [0.05, 0.1) is 6.33 Å². The highest BCUT2D eigenvalue weighted by atomic mass is 16.2. The predicted molar refractivity (Wildman–Crippen MR) is 59.3 cm³/mol. The summed E-state index contributed by atoms with van der Waals surface area (Å²) < 4.78 is 0. The molecule has 0 saturated heterocycles. The number of unbranched alkanes of at least 4 members (excludes halogenated alkanes) is 1. The second-order valence-electron chi connectivity index (χ2n) is 3.37. The first-order chi connectivity index (χ1) is 7.81. The number of hydrogen-bond acceptors (Lipinski definition) is 5. The molecular formula is C9H13N5O2. The highest BCUT2D eigenvalue weighted by molar-refractivity contribution is 5.69. The van der Waals surface area contributed by atoms with E-state index < -0.39 is 0 Å². The van der Waals surface area contributed by atoms with Crippen molar-refractivity contribution in [1.82, 2.24) is 19.9 Å². The van der Waals surface area contributed by atoms with Crippen LogP contribution in [-0.2, 0) is 0 Å². The lowest BCUT2D eigenvalue weighted by Gasteiger charge is -2.03. The van der Waals surface area contributed by atoms with Crippen molar-refractivity contribution < 1.29 is 5.11 Å². The zero-order chi connectivity index (χ0) is 11.4. The molecule has 0 aliphatic carbocycles. The number of H-pyrrole nitrogens is 2. The van der Waals surface area contributed by atoms with Crippen LogP contribution in [0.1, 0.15) is 12.8 Å². The first-order valence-corrected chi connectivity index (χ1v) is 5.09. The number of aliphatic hydroxyl groups is 1. The Morgan fingerprint density at radius 1 is 1.44 bits per heavy atom. The second kappa shape index (κ2) is 4.75. The van der Waals surface area contributed by atoms with Gasteiger partial charge >= 0.3 is 0 Å². The Bertz CT molecular complexity index is 518. The van der Waals surface area contributed by atoms with E-state index in [0.29, 0.717) is 23.7 Å². The topological polar surface area (TPSA) is 107 Å². The van der Waals surface area contributed by atoms with Gasteiger partial charge in [-0.15, -0.1) is 0 Å². The molecule has 16 heavy (non-hydrogen) atoms. The molecule has 2 heterocycles. The van der Waals surface area contributed by atoms with Crippen LogP contribution in [-0.4, -0.2) is 38.2 Å². The van der Waals surface area contributed by atoms with Gasteiger partial charge in [-0.2, -0.15) is 4.98 Å². The van der Waals surface area contributed by atoms with Crippen molar-refractivity contribution in [3.8, 4) is 0 Å². The van der Waals surface area contributed by atoms with E-state index in [-0.39, 0.29) is 12.2 Å². The molecule has 0 amide bonds. The van der Waals surface area contributed by atoms with Crippen LogP contribution in [0.4, 0.5) is 5.95 Å². The maximum atomic E-state index is 11.5. The zero-order valence-corrected chi connectivity index (χ0v) is 8.66. The number of aromatic amines is 2. The zero-order valence-electron chi connectivity index (χ0n) is 8.66. The molecule has 2 rings (SSSR count). The molecule has 0 fully saturated rings. The fourth-order valence-electron chi connectivity index (χ4n) is 1.37. The Kier molecular flexibility index (Phi) is 3.16. The minimum Gasteiger partial charge on any atom is -0.396 e. The number of aliphatic hydroxyl groups excluding tert-OH is 1. The number of anilines is 1. The summed E-state index contributed by atoms with van der Waals surface area (Å²) in [6, 6.07) is 0. The molecular weight excluding hydrogens is 210 g/mol. The summed E-state index contributed by atoms with van der Waals surface area (Å²) in [5.41, 5.74) is 0.529. The van der Waals surface area contributed by atoms with Gasteiger partial charge in [-0.1, -0.05) is 0 Å². The highest BCUT2D eigenvalue weighted by Gasteiger charge is 2.04. The maximum absolute atomic E-state index is 11.5. The van der Waals surface area contributed by atoms with E-state index in [1.165, 1.54) is 6.33 Å². The number of nitrogens with one attached hydrogen (secondary N) is 3. The lowest BCUT2D eigenvalue weighted by Crippen LogP contribution is -2.14. The second-order valence-corrected chi connectivity index (χ2v) is 3.37. The standard InChI is InChI=1S/C9H13N5O2/c15-4-2-1-3-10-9-13-7-6(8(16)14-9)11-5-12-7/h5,15H,1-4H2,(H3,10,11,12,13,14,16). The van der Waals surface area contributed by atoms with Crippen LogP contribution in [0.15, 0.2) is 11.1 Å². The largest absolute Gasteiger partial charge is 0.396 e. The van der Waals surface area contributed by atoms with Crippen molar-refractivity contribution >= 4 is 17.1 Å². The van der Waals surface area contributed by atoms with E-state index in [1.54, 1.807) is 0 Å². The molecule has 0 saturated carbocycles. The Morgan fingerprint density at radius 2 is 2.31 bits per heavy atom. The smallest absolute Gasteiger partial charge is 0.278 e. The van der Waals surface area contributed by atoms with E-state index in [1.807, 2.05) is 0 Å². The Labute approximate surface area is 90.9 Å². The van der Waals surface area contributed by atoms with Crippen LogP contribution in [0.2, 0.25) is 0 Å². The molecule has 0 spiro atoms. The molecule has 0 atom stereocenters. The summed E-state index contributed by atoms with van der Waals surface area (Å²) in [7, 11) is 0. The fraction of sp³-hybridized carbons (Fsp3) is 0.444. The van der Waals surface area contributed by atoms with E-state index in [4.69, 9.17) is 5.11 Å². The molecule has 0 bridgehead atoms. The molecule has 0 radical (unpaired) electrons. The van der Waals surface area contributed by atoms with Gasteiger partial charge in [-0.05, 0) is 12.8 Å². The summed E-state index contributed by atoms with van der Waals surface area (Å²) in [5.74, 6) is 0.405. The lowest BCUT2D eigenvalue weighted by atomic mass is 10.3. The average molecular weight is 223 g/mol. The summed E-state index contributed by atoms with van der Waals surface area (Å²) in [5, 5.41) is 11.6. The summed E-state index contributed by atoms with van der Waals surface area (Å²) >= 11 is 0. The van der Waals surface area contributed by atoms with E-state index >= 15 is 0 Å². The number of hydrogen-bond donors (Lipinski definition) is 4. The maximum Gasteiger partial charge on any atom is 0.278 e. The summed E-state index contributed by atoms with van der Waals surface area (Å²) in [4.78, 5) is 24.9. The molecule has 0 unspecified atom stereocenters. The van der Waals surface area contributed by atoms with Crippen molar-refractivity contribution in [2.24, 2.45) is 0 Å². The van der Waals surface area contributed by atoms with E-state index in [0.717, 1.165) is 12.8 Å². The minimum atomic E-state index is -0.243. The van der Waals surface area contributed by atoms with Crippen LogP contribution < -0.4 is 10.9 Å². The van der Waals surface area contributed by atoms with Crippen molar-refractivity contribution in [3.63, 3.8) is 0 Å². The Morgan fingerprint density at radius 3 is 3.12 bits per heavy atom. The molecule has 86 valence electrons. The van der Waals surface area contributed by atoms with Crippen LogP contribution in [0.5, 0.6) is 0 Å². The minimum absolute atomic E-state index is 0.171. The third kappa shape index (κ3) is 2.19. The van der Waals surface area contributed by atoms with Crippen LogP contribution in [0, 0.1) is 0 Å². The third-order valence-corrected chi connectivity index (χ3v) is 2.17. The third-order valence-electron chi connectivity index (χ3n) is 2.17. The molecule has 4 N–H and O–H groups in total. The average Bonchev–Trinajstić information content (AvgIpc) is 2.73. The van der Waals surface area contributed by atoms with E-state index in [9.17, 15) is 4.79 Å². The van der Waals surface area contributed by atoms with E-state index in [2.05, 4.69) is 25.3 Å². The first kappa shape index (κ1) is 10.6. The van der Waals surface area contributed by atoms with Crippen LogP contribution in [0.3, 0.4) is 0 Å². The number of aromatic nitrogens is 4. The number of nitrogens with zero attached hydrogens (tertiary/aromatic N) is 2. The van der Waals surface area contributed by atoms with Gasteiger partial charge in [0, 0.05) is 13.2 Å². The number of imidazole rings is 1. The lowest BCUT2D eigenvalue weighted by molar-refractivity contribution is 0.286. The molecule has 2 aromatic rings. The quantitative estimate of drug-likeness (QED) is 0.526. The SMILES string of the molecule is O=c1[nH]c(NCCCCO)nc2nc[nH]c12. The van der Waals surface area contributed by atoms with Gasteiger partial charge in [-0.25, -0.2) is 4.98 Å². The monoisotopic (exact) mass is 223 g/mol. The van der Waals surface area contributed by atoms with Gasteiger partial charge in [0.1, 0.15) is 0 Å². The number of fused-ring (bicyclic) bond motifs is 1.